The molecule has 0 spiro atoms. The van der Waals surface area contributed by atoms with E-state index < -0.39 is 5.97 Å². The van der Waals surface area contributed by atoms with Crippen molar-refractivity contribution in [2.24, 2.45) is 5.92 Å². The van der Waals surface area contributed by atoms with Crippen molar-refractivity contribution in [2.45, 2.75) is 65.5 Å². The predicted molar refractivity (Wildman–Crippen MR) is 119 cm³/mol. The highest BCUT2D eigenvalue weighted by Gasteiger charge is 2.25. The van der Waals surface area contributed by atoms with Crippen LogP contribution in [0.25, 0.3) is 11.2 Å². The van der Waals surface area contributed by atoms with E-state index >= 15 is 0 Å². The summed E-state index contributed by atoms with van der Waals surface area (Å²) in [5.74, 6) is 0.226. The molecule has 1 aromatic carbocycles. The Morgan fingerprint density at radius 1 is 1.13 bits per heavy atom. The number of rotatable bonds is 6. The van der Waals surface area contributed by atoms with Crippen LogP contribution < -0.4 is 5.32 Å². The molecule has 0 aliphatic heterocycles. The monoisotopic (exact) mass is 406 g/mol. The normalized spacial score (nSPS) is 19.2. The van der Waals surface area contributed by atoms with Gasteiger partial charge in [-0.25, -0.2) is 9.97 Å². The lowest BCUT2D eigenvalue weighted by Crippen LogP contribution is -2.29. The second-order valence-electron chi connectivity index (χ2n) is 8.45. The lowest BCUT2D eigenvalue weighted by Gasteiger charge is -2.27. The van der Waals surface area contributed by atoms with Crippen LogP contribution in [0.3, 0.4) is 0 Å². The summed E-state index contributed by atoms with van der Waals surface area (Å²) in [6, 6.07) is 11.0. The van der Waals surface area contributed by atoms with Crippen molar-refractivity contribution in [1.82, 2.24) is 14.5 Å². The second kappa shape index (κ2) is 8.46. The SMILES string of the molecule is CCc1nc2c(C)cc(C)nc2n1Cc1ccc(N[C@H]2CC[C@@H](C(=O)O)CC2)cc1. The minimum Gasteiger partial charge on any atom is -0.481 e. The van der Waals surface area contributed by atoms with Gasteiger partial charge in [-0.2, -0.15) is 0 Å². The van der Waals surface area contributed by atoms with E-state index in [9.17, 15) is 4.79 Å². The van der Waals surface area contributed by atoms with Gasteiger partial charge in [0.1, 0.15) is 11.3 Å². The minimum absolute atomic E-state index is 0.177. The fraction of sp³-hybridized carbons (Fsp3) is 0.458. The number of pyridine rings is 1. The number of aliphatic carboxylic acids is 1. The molecule has 2 heterocycles. The molecule has 2 N–H and O–H groups in total. The van der Waals surface area contributed by atoms with E-state index in [2.05, 4.69) is 54.1 Å². The number of carboxylic acids is 1. The molecule has 0 saturated heterocycles. The van der Waals surface area contributed by atoms with E-state index in [1.807, 2.05) is 6.92 Å². The molecule has 2 aromatic heterocycles. The Balaban J connectivity index is 1.47. The number of benzene rings is 1. The number of imidazole rings is 1. The molecule has 30 heavy (non-hydrogen) atoms. The van der Waals surface area contributed by atoms with Crippen LogP contribution in [0.4, 0.5) is 5.69 Å². The van der Waals surface area contributed by atoms with E-state index in [4.69, 9.17) is 15.1 Å². The molecule has 158 valence electrons. The third-order valence-corrected chi connectivity index (χ3v) is 6.16. The summed E-state index contributed by atoms with van der Waals surface area (Å²) in [4.78, 5) is 20.7. The topological polar surface area (TPSA) is 80.0 Å². The predicted octanol–water partition coefficient (Wildman–Crippen LogP) is 4.71. The van der Waals surface area contributed by atoms with Gasteiger partial charge >= 0.3 is 5.97 Å². The van der Waals surface area contributed by atoms with Crippen LogP contribution in [0.15, 0.2) is 30.3 Å². The Hall–Kier alpha value is -2.89. The molecule has 0 atom stereocenters. The molecule has 0 amide bonds. The van der Waals surface area contributed by atoms with E-state index in [0.717, 1.165) is 67.0 Å². The number of hydrogen-bond acceptors (Lipinski definition) is 4. The maximum absolute atomic E-state index is 11.1. The highest BCUT2D eigenvalue weighted by molar-refractivity contribution is 5.76. The van der Waals surface area contributed by atoms with Gasteiger partial charge in [-0.05, 0) is 68.9 Å². The Morgan fingerprint density at radius 2 is 1.83 bits per heavy atom. The van der Waals surface area contributed by atoms with Gasteiger partial charge in [0.2, 0.25) is 0 Å². The lowest BCUT2D eigenvalue weighted by molar-refractivity contribution is -0.142. The summed E-state index contributed by atoms with van der Waals surface area (Å²) in [7, 11) is 0. The van der Waals surface area contributed by atoms with Gasteiger partial charge in [-0.1, -0.05) is 19.1 Å². The highest BCUT2D eigenvalue weighted by atomic mass is 16.4. The van der Waals surface area contributed by atoms with Gasteiger partial charge in [0.05, 0.1) is 12.5 Å². The number of aryl methyl sites for hydroxylation is 3. The average molecular weight is 407 g/mol. The quantitative estimate of drug-likeness (QED) is 0.619. The standard InChI is InChI=1S/C24H30N4O2/c1-4-21-27-22-15(2)13-16(3)25-23(22)28(21)14-17-5-9-19(10-6-17)26-20-11-7-18(8-12-20)24(29)30/h5-6,9-10,13,18,20,26H,4,7-8,11-12,14H2,1-3H3,(H,29,30)/t18-,20+. The largest absolute Gasteiger partial charge is 0.481 e. The molecule has 0 radical (unpaired) electrons. The fourth-order valence-electron chi connectivity index (χ4n) is 4.49. The van der Waals surface area contributed by atoms with Gasteiger partial charge < -0.3 is 15.0 Å². The number of fused-ring (bicyclic) bond motifs is 1. The first kappa shape index (κ1) is 20.4. The number of hydrogen-bond donors (Lipinski definition) is 2. The zero-order valence-electron chi connectivity index (χ0n) is 18.0. The van der Waals surface area contributed by atoms with Crippen molar-refractivity contribution < 1.29 is 9.90 Å². The number of aromatic nitrogens is 3. The van der Waals surface area contributed by atoms with Crippen molar-refractivity contribution in [2.75, 3.05) is 5.32 Å². The van der Waals surface area contributed by atoms with E-state index in [1.54, 1.807) is 0 Å². The van der Waals surface area contributed by atoms with Gasteiger partial charge in [0.15, 0.2) is 5.65 Å². The van der Waals surface area contributed by atoms with Crippen molar-refractivity contribution in [3.05, 3.63) is 53.0 Å². The molecule has 6 nitrogen and oxygen atoms in total. The van der Waals surface area contributed by atoms with E-state index in [-0.39, 0.29) is 5.92 Å². The molecular weight excluding hydrogens is 376 g/mol. The number of carboxylic acid groups (broad SMARTS) is 1. The summed E-state index contributed by atoms with van der Waals surface area (Å²) in [5.41, 5.74) is 6.44. The summed E-state index contributed by atoms with van der Waals surface area (Å²) in [5, 5.41) is 12.7. The third kappa shape index (κ3) is 4.18. The second-order valence-corrected chi connectivity index (χ2v) is 8.45. The Kier molecular flexibility index (Phi) is 5.75. The van der Waals surface area contributed by atoms with Gasteiger partial charge in [0, 0.05) is 23.8 Å². The van der Waals surface area contributed by atoms with E-state index in [1.165, 1.54) is 11.1 Å². The Bertz CT molecular complexity index is 1050. The van der Waals surface area contributed by atoms with Crippen LogP contribution in [-0.2, 0) is 17.8 Å². The zero-order valence-corrected chi connectivity index (χ0v) is 18.0. The van der Waals surface area contributed by atoms with Crippen molar-refractivity contribution in [3.8, 4) is 0 Å². The van der Waals surface area contributed by atoms with Gasteiger partial charge in [-0.3, -0.25) is 4.79 Å². The van der Waals surface area contributed by atoms with Gasteiger partial charge in [-0.15, -0.1) is 0 Å². The fourth-order valence-corrected chi connectivity index (χ4v) is 4.49. The number of anilines is 1. The van der Waals surface area contributed by atoms with Gasteiger partial charge in [0.25, 0.3) is 0 Å². The molecule has 3 aromatic rings. The smallest absolute Gasteiger partial charge is 0.306 e. The maximum Gasteiger partial charge on any atom is 0.306 e. The molecule has 1 fully saturated rings. The molecule has 1 aliphatic rings. The van der Waals surface area contributed by atoms with Crippen LogP contribution in [0.1, 0.15) is 55.3 Å². The van der Waals surface area contributed by atoms with Crippen LogP contribution in [-0.4, -0.2) is 31.7 Å². The Labute approximate surface area is 177 Å². The molecular formula is C24H30N4O2. The molecule has 1 saturated carbocycles. The number of nitrogens with one attached hydrogen (secondary N) is 1. The molecule has 6 heteroatoms. The summed E-state index contributed by atoms with van der Waals surface area (Å²) in [6.07, 6.45) is 4.19. The minimum atomic E-state index is -0.656. The molecule has 1 aliphatic carbocycles. The molecule has 0 unspecified atom stereocenters. The summed E-state index contributed by atoms with van der Waals surface area (Å²) < 4.78 is 2.23. The van der Waals surface area contributed by atoms with Crippen LogP contribution in [0, 0.1) is 19.8 Å². The zero-order chi connectivity index (χ0) is 21.3. The first-order valence-electron chi connectivity index (χ1n) is 10.9. The van der Waals surface area contributed by atoms with Crippen molar-refractivity contribution >= 4 is 22.8 Å². The maximum atomic E-state index is 11.1. The molecule has 0 bridgehead atoms. The number of nitrogens with zero attached hydrogens (tertiary/aromatic N) is 3. The average Bonchev–Trinajstić information content (AvgIpc) is 3.07. The summed E-state index contributed by atoms with van der Waals surface area (Å²) in [6.45, 7) is 7.00. The third-order valence-electron chi connectivity index (χ3n) is 6.16. The Morgan fingerprint density at radius 3 is 2.47 bits per heavy atom. The summed E-state index contributed by atoms with van der Waals surface area (Å²) >= 11 is 0. The van der Waals surface area contributed by atoms with Crippen LogP contribution in [0.5, 0.6) is 0 Å². The lowest BCUT2D eigenvalue weighted by atomic mass is 9.86. The molecule has 4 rings (SSSR count). The number of carbonyl (C=O) groups is 1. The van der Waals surface area contributed by atoms with E-state index in [0.29, 0.717) is 6.04 Å². The van der Waals surface area contributed by atoms with Crippen LogP contribution >= 0.6 is 0 Å². The van der Waals surface area contributed by atoms with Crippen molar-refractivity contribution in [1.29, 1.82) is 0 Å². The highest BCUT2D eigenvalue weighted by Crippen LogP contribution is 2.27. The first-order chi connectivity index (χ1) is 14.4. The van der Waals surface area contributed by atoms with Crippen LogP contribution in [0.2, 0.25) is 0 Å². The first-order valence-corrected chi connectivity index (χ1v) is 10.9. The van der Waals surface area contributed by atoms with Crippen molar-refractivity contribution in [3.63, 3.8) is 0 Å².